The summed E-state index contributed by atoms with van der Waals surface area (Å²) >= 11 is 6.08. The van der Waals surface area contributed by atoms with Gasteiger partial charge in [-0.05, 0) is 23.8 Å². The summed E-state index contributed by atoms with van der Waals surface area (Å²) < 4.78 is 38.9. The van der Waals surface area contributed by atoms with Crippen LogP contribution in [0, 0.1) is 0 Å². The Morgan fingerprint density at radius 2 is 1.70 bits per heavy atom. The molecule has 0 saturated carbocycles. The van der Waals surface area contributed by atoms with Gasteiger partial charge >= 0.3 is 6.18 Å². The van der Waals surface area contributed by atoms with Gasteiger partial charge in [0.2, 0.25) is 11.8 Å². The van der Waals surface area contributed by atoms with Crippen LogP contribution in [0.2, 0.25) is 5.02 Å². The zero-order chi connectivity index (χ0) is 20.0. The van der Waals surface area contributed by atoms with E-state index in [-0.39, 0.29) is 31.1 Å². The van der Waals surface area contributed by atoms with Gasteiger partial charge in [0.05, 0.1) is 11.3 Å². The Morgan fingerprint density at radius 1 is 1.07 bits per heavy atom. The SMILES string of the molecule is CC(=O)N(CCC(=O)Nc1ccccc1C(F)(F)F)Cc1ccccc1Cl. The number of halogens is 4. The summed E-state index contributed by atoms with van der Waals surface area (Å²) in [5.74, 6) is -0.879. The molecule has 2 rings (SSSR count). The number of rotatable bonds is 6. The Bertz CT molecular complexity index is 825. The Morgan fingerprint density at radius 3 is 2.33 bits per heavy atom. The van der Waals surface area contributed by atoms with Crippen molar-refractivity contribution in [1.82, 2.24) is 4.90 Å². The summed E-state index contributed by atoms with van der Waals surface area (Å²) in [5.41, 5.74) is -0.509. The largest absolute Gasteiger partial charge is 0.418 e. The standard InChI is InChI=1S/C19H18ClF3N2O2/c1-13(26)25(12-14-6-2-4-8-16(14)20)11-10-18(27)24-17-9-5-3-7-15(17)19(21,22)23/h2-9H,10-12H2,1H3,(H,24,27). The molecule has 0 aromatic heterocycles. The number of nitrogens with one attached hydrogen (secondary N) is 1. The molecule has 27 heavy (non-hydrogen) atoms. The predicted octanol–water partition coefficient (Wildman–Crippen LogP) is 4.74. The third-order valence-corrected chi connectivity index (χ3v) is 4.25. The molecule has 144 valence electrons. The lowest BCUT2D eigenvalue weighted by Gasteiger charge is -2.22. The lowest BCUT2D eigenvalue weighted by atomic mass is 10.1. The van der Waals surface area contributed by atoms with Crippen molar-refractivity contribution in [3.8, 4) is 0 Å². The van der Waals surface area contributed by atoms with E-state index in [9.17, 15) is 22.8 Å². The predicted molar refractivity (Wildman–Crippen MR) is 97.2 cm³/mol. The van der Waals surface area contributed by atoms with Gasteiger partial charge in [0.15, 0.2) is 0 Å². The number of hydrogen-bond acceptors (Lipinski definition) is 2. The molecular formula is C19H18ClF3N2O2. The van der Waals surface area contributed by atoms with Crippen LogP contribution in [0.3, 0.4) is 0 Å². The zero-order valence-corrected chi connectivity index (χ0v) is 15.3. The zero-order valence-electron chi connectivity index (χ0n) is 14.5. The minimum absolute atomic E-state index is 0.0561. The number of amides is 2. The van der Waals surface area contributed by atoms with Crippen LogP contribution in [0.4, 0.5) is 18.9 Å². The molecule has 8 heteroatoms. The molecule has 0 aliphatic heterocycles. The van der Waals surface area contributed by atoms with Crippen molar-refractivity contribution in [2.24, 2.45) is 0 Å². The normalized spacial score (nSPS) is 11.1. The molecule has 0 heterocycles. The maximum atomic E-state index is 13.0. The minimum atomic E-state index is -4.57. The smallest absolute Gasteiger partial charge is 0.338 e. The van der Waals surface area contributed by atoms with Gasteiger partial charge in [-0.15, -0.1) is 0 Å². The topological polar surface area (TPSA) is 49.4 Å². The molecule has 0 aliphatic carbocycles. The van der Waals surface area contributed by atoms with Crippen LogP contribution in [0.5, 0.6) is 0 Å². The van der Waals surface area contributed by atoms with Crippen molar-refractivity contribution in [3.63, 3.8) is 0 Å². The van der Waals surface area contributed by atoms with Crippen molar-refractivity contribution in [1.29, 1.82) is 0 Å². The molecule has 0 saturated heterocycles. The Kier molecular flexibility index (Phi) is 6.85. The molecule has 1 N–H and O–H groups in total. The summed E-state index contributed by atoms with van der Waals surface area (Å²) in [6.07, 6.45) is -4.71. The van der Waals surface area contributed by atoms with Crippen molar-refractivity contribution in [3.05, 3.63) is 64.7 Å². The van der Waals surface area contributed by atoms with Crippen LogP contribution < -0.4 is 5.32 Å². The molecule has 0 aliphatic rings. The van der Waals surface area contributed by atoms with Crippen LogP contribution >= 0.6 is 11.6 Å². The van der Waals surface area contributed by atoms with Crippen LogP contribution in [0.1, 0.15) is 24.5 Å². The Hall–Kier alpha value is -2.54. The first-order chi connectivity index (χ1) is 12.7. The highest BCUT2D eigenvalue weighted by Crippen LogP contribution is 2.34. The molecule has 2 aromatic rings. The number of anilines is 1. The highest BCUT2D eigenvalue weighted by Gasteiger charge is 2.33. The van der Waals surface area contributed by atoms with Gasteiger partial charge in [-0.2, -0.15) is 13.2 Å². The highest BCUT2D eigenvalue weighted by atomic mass is 35.5. The van der Waals surface area contributed by atoms with E-state index < -0.39 is 17.6 Å². The van der Waals surface area contributed by atoms with Gasteiger partial charge in [-0.3, -0.25) is 9.59 Å². The number of para-hydroxylation sites is 1. The van der Waals surface area contributed by atoms with Crippen LogP contribution in [0.25, 0.3) is 0 Å². The molecule has 2 amide bonds. The van der Waals surface area contributed by atoms with E-state index in [0.717, 1.165) is 11.6 Å². The second-order valence-corrected chi connectivity index (χ2v) is 6.28. The number of alkyl halides is 3. The molecular weight excluding hydrogens is 381 g/mol. The molecule has 0 radical (unpaired) electrons. The first-order valence-corrected chi connectivity index (χ1v) is 8.51. The second-order valence-electron chi connectivity index (χ2n) is 5.87. The molecule has 2 aromatic carbocycles. The van der Waals surface area contributed by atoms with E-state index >= 15 is 0 Å². The van der Waals surface area contributed by atoms with Gasteiger partial charge in [0.25, 0.3) is 0 Å². The molecule has 4 nitrogen and oxygen atoms in total. The fourth-order valence-electron chi connectivity index (χ4n) is 2.47. The van der Waals surface area contributed by atoms with Gasteiger partial charge in [-0.25, -0.2) is 0 Å². The average Bonchev–Trinajstić information content (AvgIpc) is 2.59. The third-order valence-electron chi connectivity index (χ3n) is 3.88. The van der Waals surface area contributed by atoms with Crippen molar-refractivity contribution in [2.75, 3.05) is 11.9 Å². The molecule has 0 fully saturated rings. The van der Waals surface area contributed by atoms with E-state index in [0.29, 0.717) is 5.02 Å². The second kappa shape index (κ2) is 8.90. The van der Waals surface area contributed by atoms with Crippen molar-refractivity contribution < 1.29 is 22.8 Å². The van der Waals surface area contributed by atoms with Crippen LogP contribution in [-0.2, 0) is 22.3 Å². The summed E-state index contributed by atoms with van der Waals surface area (Å²) in [6, 6.07) is 11.7. The lowest BCUT2D eigenvalue weighted by molar-refractivity contribution is -0.137. The van der Waals surface area contributed by atoms with Crippen molar-refractivity contribution >= 4 is 29.1 Å². The maximum absolute atomic E-state index is 13.0. The average molecular weight is 399 g/mol. The fourth-order valence-corrected chi connectivity index (χ4v) is 2.66. The van der Waals surface area contributed by atoms with E-state index in [4.69, 9.17) is 11.6 Å². The summed E-state index contributed by atoms with van der Waals surface area (Å²) in [4.78, 5) is 25.3. The van der Waals surface area contributed by atoms with Crippen molar-refractivity contribution in [2.45, 2.75) is 26.1 Å². The van der Waals surface area contributed by atoms with E-state index in [1.807, 2.05) is 0 Å². The first kappa shape index (κ1) is 20.8. The van der Waals surface area contributed by atoms with Crippen LogP contribution in [0.15, 0.2) is 48.5 Å². The highest BCUT2D eigenvalue weighted by molar-refractivity contribution is 6.31. The van der Waals surface area contributed by atoms with Gasteiger partial charge in [0.1, 0.15) is 0 Å². The number of carbonyl (C=O) groups is 2. The van der Waals surface area contributed by atoms with Gasteiger partial charge in [-0.1, -0.05) is 41.9 Å². The quantitative estimate of drug-likeness (QED) is 0.764. The van der Waals surface area contributed by atoms with E-state index in [2.05, 4.69) is 5.32 Å². The Labute approximate surface area is 159 Å². The monoisotopic (exact) mass is 398 g/mol. The Balaban J connectivity index is 2.01. The molecule has 0 bridgehead atoms. The molecule has 0 atom stereocenters. The summed E-state index contributed by atoms with van der Waals surface area (Å²) in [6.45, 7) is 1.62. The van der Waals surface area contributed by atoms with Gasteiger partial charge in [0, 0.05) is 31.5 Å². The number of carbonyl (C=O) groups excluding carboxylic acids is 2. The van der Waals surface area contributed by atoms with Gasteiger partial charge < -0.3 is 10.2 Å². The minimum Gasteiger partial charge on any atom is -0.338 e. The van der Waals surface area contributed by atoms with E-state index in [1.54, 1.807) is 24.3 Å². The molecule has 0 unspecified atom stereocenters. The first-order valence-electron chi connectivity index (χ1n) is 8.13. The number of hydrogen-bond donors (Lipinski definition) is 1. The fraction of sp³-hybridized carbons (Fsp3) is 0.263. The number of benzene rings is 2. The molecule has 0 spiro atoms. The summed E-state index contributed by atoms with van der Waals surface area (Å²) in [5, 5.41) is 2.76. The lowest BCUT2D eigenvalue weighted by Crippen LogP contribution is -2.31. The number of nitrogens with zero attached hydrogens (tertiary/aromatic N) is 1. The maximum Gasteiger partial charge on any atom is 0.418 e. The summed E-state index contributed by atoms with van der Waals surface area (Å²) in [7, 11) is 0. The third kappa shape index (κ3) is 5.99. The van der Waals surface area contributed by atoms with Crippen LogP contribution in [-0.4, -0.2) is 23.3 Å². The van der Waals surface area contributed by atoms with E-state index in [1.165, 1.54) is 30.0 Å².